The Balaban J connectivity index is 3.92. The number of hydrogen-bond acceptors (Lipinski definition) is 3. The molecule has 1 unspecified atom stereocenters. The molecule has 5 heteroatoms. The van der Waals surface area contributed by atoms with Gasteiger partial charge in [-0.2, -0.15) is 0 Å². The maximum absolute atomic E-state index is 11.7. The summed E-state index contributed by atoms with van der Waals surface area (Å²) >= 11 is 0. The summed E-state index contributed by atoms with van der Waals surface area (Å²) in [5.74, 6) is 0.00314. The van der Waals surface area contributed by atoms with Crippen molar-refractivity contribution in [1.29, 1.82) is 0 Å². The molecule has 0 spiro atoms. The van der Waals surface area contributed by atoms with Gasteiger partial charge in [-0.05, 0) is 25.7 Å². The van der Waals surface area contributed by atoms with Gasteiger partial charge in [-0.25, -0.2) is 0 Å². The predicted octanol–water partition coefficient (Wildman–Crippen LogP) is 1.51. The van der Waals surface area contributed by atoms with Gasteiger partial charge in [-0.15, -0.1) is 0 Å². The summed E-state index contributed by atoms with van der Waals surface area (Å²) < 4.78 is 0. The number of hydrogen-bond donors (Lipinski definition) is 2. The second-order valence-electron chi connectivity index (χ2n) is 6.39. The molecule has 0 aromatic heterocycles. The average Bonchev–Trinajstić information content (AvgIpc) is 2.27. The van der Waals surface area contributed by atoms with Crippen LogP contribution in [0.3, 0.4) is 0 Å². The second-order valence-corrected chi connectivity index (χ2v) is 6.39. The summed E-state index contributed by atoms with van der Waals surface area (Å²) in [6.45, 7) is 12.0. The number of carbonyl (C=O) groups is 2. The highest BCUT2D eigenvalue weighted by atomic mass is 16.2. The average molecular weight is 285 g/mol. The van der Waals surface area contributed by atoms with Crippen molar-refractivity contribution in [3.63, 3.8) is 0 Å². The highest BCUT2D eigenvalue weighted by Gasteiger charge is 2.18. The molecule has 0 saturated carbocycles. The quantitative estimate of drug-likeness (QED) is 0.710. The van der Waals surface area contributed by atoms with Crippen molar-refractivity contribution in [1.82, 2.24) is 10.2 Å². The minimum atomic E-state index is -0.131. The molecule has 0 aliphatic carbocycles. The normalized spacial score (nSPS) is 12.9. The summed E-state index contributed by atoms with van der Waals surface area (Å²) in [5, 5.41) is 2.77. The third kappa shape index (κ3) is 8.91. The van der Waals surface area contributed by atoms with Crippen molar-refractivity contribution in [2.75, 3.05) is 19.6 Å². The van der Waals surface area contributed by atoms with E-state index in [2.05, 4.69) is 26.1 Å². The molecule has 0 heterocycles. The standard InChI is InChI=1S/C15H31N3O2/c1-6-18(7-2)14(20)8-9-17-13(19)10-12(16)11-15(3,4)5/h12H,6-11,16H2,1-5H3,(H,17,19). The van der Waals surface area contributed by atoms with Crippen LogP contribution in [0, 0.1) is 5.41 Å². The van der Waals surface area contributed by atoms with Crippen LogP contribution in [0.25, 0.3) is 0 Å². The minimum absolute atomic E-state index is 0.0749. The molecule has 0 aliphatic rings. The number of amides is 2. The Morgan fingerprint density at radius 2 is 1.75 bits per heavy atom. The fourth-order valence-electron chi connectivity index (χ4n) is 2.21. The maximum atomic E-state index is 11.7. The Morgan fingerprint density at radius 1 is 1.20 bits per heavy atom. The van der Waals surface area contributed by atoms with Gasteiger partial charge in [-0.1, -0.05) is 20.8 Å². The van der Waals surface area contributed by atoms with Crippen LogP contribution in [0.2, 0.25) is 0 Å². The highest BCUT2D eigenvalue weighted by molar-refractivity contribution is 5.79. The molecule has 0 radical (unpaired) electrons. The Labute approximate surface area is 123 Å². The van der Waals surface area contributed by atoms with E-state index < -0.39 is 0 Å². The summed E-state index contributed by atoms with van der Waals surface area (Å²) in [4.78, 5) is 25.2. The van der Waals surface area contributed by atoms with Gasteiger partial charge in [0.2, 0.25) is 11.8 Å². The highest BCUT2D eigenvalue weighted by Crippen LogP contribution is 2.20. The van der Waals surface area contributed by atoms with Gasteiger partial charge in [0, 0.05) is 38.5 Å². The van der Waals surface area contributed by atoms with Crippen LogP contribution >= 0.6 is 0 Å². The molecule has 3 N–H and O–H groups in total. The molecule has 118 valence electrons. The van der Waals surface area contributed by atoms with Crippen LogP contribution in [0.4, 0.5) is 0 Å². The predicted molar refractivity (Wildman–Crippen MR) is 82.2 cm³/mol. The number of rotatable bonds is 8. The van der Waals surface area contributed by atoms with E-state index >= 15 is 0 Å². The zero-order chi connectivity index (χ0) is 15.8. The van der Waals surface area contributed by atoms with Crippen LogP contribution in [-0.2, 0) is 9.59 Å². The number of nitrogens with zero attached hydrogens (tertiary/aromatic N) is 1. The Hall–Kier alpha value is -1.10. The van der Waals surface area contributed by atoms with Crippen molar-refractivity contribution in [2.45, 2.75) is 59.9 Å². The van der Waals surface area contributed by atoms with E-state index in [4.69, 9.17) is 5.73 Å². The third-order valence-corrected chi connectivity index (χ3v) is 3.10. The molecule has 20 heavy (non-hydrogen) atoms. The maximum Gasteiger partial charge on any atom is 0.224 e. The number of carbonyl (C=O) groups excluding carboxylic acids is 2. The van der Waals surface area contributed by atoms with Gasteiger partial charge in [0.1, 0.15) is 0 Å². The lowest BCUT2D eigenvalue weighted by Crippen LogP contribution is -2.37. The van der Waals surface area contributed by atoms with E-state index in [-0.39, 0.29) is 23.3 Å². The van der Waals surface area contributed by atoms with Gasteiger partial charge >= 0.3 is 0 Å². The lowest BCUT2D eigenvalue weighted by Gasteiger charge is -2.22. The molecule has 0 aromatic rings. The second kappa shape index (κ2) is 8.95. The van der Waals surface area contributed by atoms with Crippen molar-refractivity contribution in [3.05, 3.63) is 0 Å². The zero-order valence-corrected chi connectivity index (χ0v) is 13.7. The van der Waals surface area contributed by atoms with Crippen LogP contribution in [-0.4, -0.2) is 42.4 Å². The number of nitrogens with two attached hydrogens (primary N) is 1. The fraction of sp³-hybridized carbons (Fsp3) is 0.867. The molecule has 0 fully saturated rings. The Bertz CT molecular complexity index is 307. The smallest absolute Gasteiger partial charge is 0.224 e. The molecule has 0 aliphatic heterocycles. The lowest BCUT2D eigenvalue weighted by molar-refractivity contribution is -0.130. The van der Waals surface area contributed by atoms with Crippen molar-refractivity contribution < 1.29 is 9.59 Å². The first kappa shape index (κ1) is 18.9. The first-order valence-corrected chi connectivity index (χ1v) is 7.49. The molecule has 0 saturated heterocycles. The van der Waals surface area contributed by atoms with Crippen LogP contribution in [0.5, 0.6) is 0 Å². The van der Waals surface area contributed by atoms with Gasteiger partial charge in [0.15, 0.2) is 0 Å². The molecule has 5 nitrogen and oxygen atoms in total. The minimum Gasteiger partial charge on any atom is -0.356 e. The zero-order valence-electron chi connectivity index (χ0n) is 13.7. The first-order valence-electron chi connectivity index (χ1n) is 7.49. The van der Waals surface area contributed by atoms with Crippen LogP contribution in [0.1, 0.15) is 53.9 Å². The summed E-state index contributed by atoms with van der Waals surface area (Å²) in [6.07, 6.45) is 1.47. The molecule has 0 aromatic carbocycles. The third-order valence-electron chi connectivity index (χ3n) is 3.10. The number of nitrogens with one attached hydrogen (secondary N) is 1. The topological polar surface area (TPSA) is 75.4 Å². The molecule has 0 rings (SSSR count). The molecule has 0 bridgehead atoms. The van der Waals surface area contributed by atoms with Crippen molar-refractivity contribution in [2.24, 2.45) is 11.1 Å². The Kier molecular flexibility index (Phi) is 8.46. The monoisotopic (exact) mass is 285 g/mol. The SMILES string of the molecule is CCN(CC)C(=O)CCNC(=O)CC(N)CC(C)(C)C. The first-order chi connectivity index (χ1) is 9.19. The lowest BCUT2D eigenvalue weighted by atomic mass is 9.87. The van der Waals surface area contributed by atoms with Gasteiger partial charge in [-0.3, -0.25) is 9.59 Å². The van der Waals surface area contributed by atoms with Gasteiger partial charge < -0.3 is 16.0 Å². The van der Waals surface area contributed by atoms with Crippen molar-refractivity contribution >= 4 is 11.8 Å². The summed E-state index contributed by atoms with van der Waals surface area (Å²) in [6, 6.07) is -0.131. The van der Waals surface area contributed by atoms with E-state index in [0.29, 0.717) is 32.5 Å². The van der Waals surface area contributed by atoms with E-state index in [0.717, 1.165) is 6.42 Å². The van der Waals surface area contributed by atoms with Gasteiger partial charge in [0.25, 0.3) is 0 Å². The summed E-state index contributed by atoms with van der Waals surface area (Å²) in [5.41, 5.74) is 6.07. The largest absolute Gasteiger partial charge is 0.356 e. The van der Waals surface area contributed by atoms with Crippen molar-refractivity contribution in [3.8, 4) is 0 Å². The molecular weight excluding hydrogens is 254 g/mol. The van der Waals surface area contributed by atoms with E-state index in [1.165, 1.54) is 0 Å². The van der Waals surface area contributed by atoms with E-state index in [1.54, 1.807) is 4.90 Å². The fourth-order valence-corrected chi connectivity index (χ4v) is 2.21. The van der Waals surface area contributed by atoms with E-state index in [1.807, 2.05) is 13.8 Å². The summed E-state index contributed by atoms with van der Waals surface area (Å²) in [7, 11) is 0. The molecular formula is C15H31N3O2. The van der Waals surface area contributed by atoms with E-state index in [9.17, 15) is 9.59 Å². The molecule has 1 atom stereocenters. The van der Waals surface area contributed by atoms with Crippen LogP contribution < -0.4 is 11.1 Å². The van der Waals surface area contributed by atoms with Gasteiger partial charge in [0.05, 0.1) is 0 Å². The van der Waals surface area contributed by atoms with Crippen LogP contribution in [0.15, 0.2) is 0 Å². The Morgan fingerprint density at radius 3 is 2.20 bits per heavy atom. The molecule has 2 amide bonds.